The zero-order valence-electron chi connectivity index (χ0n) is 18.1. The van der Waals surface area contributed by atoms with E-state index < -0.39 is 0 Å². The van der Waals surface area contributed by atoms with Crippen LogP contribution in [0, 0.1) is 0 Å². The van der Waals surface area contributed by atoms with Crippen LogP contribution in [0.2, 0.25) is 0 Å². The summed E-state index contributed by atoms with van der Waals surface area (Å²) >= 11 is 0. The van der Waals surface area contributed by atoms with Crippen LogP contribution in [-0.4, -0.2) is 42.6 Å². The molecular formula is C27H28N2O2. The van der Waals surface area contributed by atoms with Crippen LogP contribution < -0.4 is 0 Å². The second-order valence-corrected chi connectivity index (χ2v) is 8.33. The van der Waals surface area contributed by atoms with Crippen LogP contribution in [0.4, 0.5) is 4.79 Å². The minimum absolute atomic E-state index is 0.122. The van der Waals surface area contributed by atoms with E-state index in [1.165, 1.54) is 16.7 Å². The number of carbonyl (C=O) groups excluding carboxylic acids is 1. The van der Waals surface area contributed by atoms with Crippen LogP contribution in [0.3, 0.4) is 0 Å². The van der Waals surface area contributed by atoms with Gasteiger partial charge < -0.3 is 14.5 Å². The maximum Gasteiger partial charge on any atom is 0.410 e. The molecule has 4 heteroatoms. The fourth-order valence-electron chi connectivity index (χ4n) is 3.88. The molecular weight excluding hydrogens is 384 g/mol. The smallest absolute Gasteiger partial charge is 0.410 e. The number of carbonyl (C=O) groups is 1. The Balaban J connectivity index is 1.35. The third-order valence-corrected chi connectivity index (χ3v) is 5.41. The molecule has 4 nitrogen and oxygen atoms in total. The maximum absolute atomic E-state index is 12.3. The summed E-state index contributed by atoms with van der Waals surface area (Å²) in [7, 11) is 4.15. The second kappa shape index (κ2) is 9.65. The van der Waals surface area contributed by atoms with Gasteiger partial charge in [-0.2, -0.15) is 0 Å². The van der Waals surface area contributed by atoms with Crippen molar-refractivity contribution in [3.8, 4) is 11.1 Å². The van der Waals surface area contributed by atoms with Gasteiger partial charge in [-0.3, -0.25) is 0 Å². The van der Waals surface area contributed by atoms with Crippen molar-refractivity contribution in [2.24, 2.45) is 0 Å². The largest absolute Gasteiger partial charge is 0.444 e. The van der Waals surface area contributed by atoms with E-state index in [9.17, 15) is 4.79 Å². The molecule has 1 atom stereocenters. The normalized spacial score (nSPS) is 17.8. The van der Waals surface area contributed by atoms with Crippen molar-refractivity contribution in [1.82, 2.24) is 9.80 Å². The van der Waals surface area contributed by atoms with Crippen LogP contribution in [0.25, 0.3) is 11.1 Å². The van der Waals surface area contributed by atoms with E-state index in [-0.39, 0.29) is 12.2 Å². The molecule has 4 rings (SSSR count). The Kier molecular flexibility index (Phi) is 6.51. The lowest BCUT2D eigenvalue weighted by Crippen LogP contribution is -2.24. The van der Waals surface area contributed by atoms with Gasteiger partial charge in [-0.15, -0.1) is 5.73 Å². The van der Waals surface area contributed by atoms with Crippen molar-refractivity contribution in [3.05, 3.63) is 101 Å². The number of nitrogens with zero attached hydrogens (tertiary/aromatic N) is 2. The summed E-state index contributed by atoms with van der Waals surface area (Å²) in [5.74, 6) is 0. The molecule has 2 aliphatic rings. The predicted molar refractivity (Wildman–Crippen MR) is 124 cm³/mol. The zero-order valence-corrected chi connectivity index (χ0v) is 18.1. The summed E-state index contributed by atoms with van der Waals surface area (Å²) in [6.07, 6.45) is 10.1. The summed E-state index contributed by atoms with van der Waals surface area (Å²) in [4.78, 5) is 16.3. The van der Waals surface area contributed by atoms with Crippen LogP contribution in [0.15, 0.2) is 90.2 Å². The number of hydrogen-bond donors (Lipinski definition) is 0. The summed E-state index contributed by atoms with van der Waals surface area (Å²) in [5.41, 5.74) is 8.99. The standard InChI is InChI=1S/C27H28N2O2/c1-28(2)18-22-9-13-24(14-10-22)25-15-11-23(12-16-25)19-29-20-26(31-27(29)30)17-21-7-5-3-4-6-8-21/h3-5,7-16,26H,17-20H2,1-2H3. The molecule has 158 valence electrons. The van der Waals surface area contributed by atoms with Crippen molar-refractivity contribution in [2.75, 3.05) is 20.6 Å². The SMILES string of the molecule is CN(C)Cc1ccc(-c2ccc(CN3CC(CC4=CC=CC=C=C4)OC3=O)cc2)cc1. The number of allylic oxidation sites excluding steroid dienone is 4. The lowest BCUT2D eigenvalue weighted by Gasteiger charge is -2.14. The number of rotatable bonds is 7. The van der Waals surface area contributed by atoms with Gasteiger partial charge in [0.2, 0.25) is 0 Å². The van der Waals surface area contributed by atoms with E-state index in [2.05, 4.69) is 73.3 Å². The molecule has 2 aromatic rings. The molecule has 1 fully saturated rings. The van der Waals surface area contributed by atoms with Crippen molar-refractivity contribution in [3.63, 3.8) is 0 Å². The molecule has 31 heavy (non-hydrogen) atoms. The minimum atomic E-state index is -0.241. The van der Waals surface area contributed by atoms with E-state index in [0.717, 1.165) is 17.7 Å². The van der Waals surface area contributed by atoms with E-state index in [1.54, 1.807) is 4.90 Å². The van der Waals surface area contributed by atoms with Gasteiger partial charge in [-0.05, 0) is 54.1 Å². The fraction of sp³-hybridized carbons (Fsp3) is 0.259. The first kappa shape index (κ1) is 20.9. The molecule has 1 aliphatic heterocycles. The molecule has 1 unspecified atom stereocenters. The Hall–Kier alpha value is -3.33. The first-order valence-electron chi connectivity index (χ1n) is 10.6. The van der Waals surface area contributed by atoms with Gasteiger partial charge in [0.05, 0.1) is 6.54 Å². The minimum Gasteiger partial charge on any atom is -0.444 e. The van der Waals surface area contributed by atoms with Crippen molar-refractivity contribution in [1.29, 1.82) is 0 Å². The highest BCUT2D eigenvalue weighted by atomic mass is 16.6. The molecule has 0 radical (unpaired) electrons. The molecule has 2 aromatic carbocycles. The van der Waals surface area contributed by atoms with Gasteiger partial charge >= 0.3 is 6.09 Å². The highest BCUT2D eigenvalue weighted by Gasteiger charge is 2.31. The molecule has 0 saturated carbocycles. The Labute approximate surface area is 184 Å². The summed E-state index contributed by atoms with van der Waals surface area (Å²) in [6, 6.07) is 17.1. The van der Waals surface area contributed by atoms with Crippen LogP contribution in [0.5, 0.6) is 0 Å². The fourth-order valence-corrected chi connectivity index (χ4v) is 3.88. The lowest BCUT2D eigenvalue weighted by molar-refractivity contribution is 0.132. The third kappa shape index (κ3) is 5.64. The Morgan fingerprint density at radius 1 is 1.00 bits per heavy atom. The van der Waals surface area contributed by atoms with Crippen LogP contribution in [0.1, 0.15) is 17.5 Å². The van der Waals surface area contributed by atoms with Gasteiger partial charge in [-0.1, -0.05) is 66.8 Å². The van der Waals surface area contributed by atoms with Crippen molar-refractivity contribution >= 4 is 6.09 Å². The van der Waals surface area contributed by atoms with Crippen molar-refractivity contribution < 1.29 is 9.53 Å². The van der Waals surface area contributed by atoms with Gasteiger partial charge in [0.1, 0.15) is 6.10 Å². The quantitative estimate of drug-likeness (QED) is 0.576. The Morgan fingerprint density at radius 3 is 2.35 bits per heavy atom. The van der Waals surface area contributed by atoms with E-state index in [0.29, 0.717) is 19.5 Å². The molecule has 1 aliphatic carbocycles. The number of ether oxygens (including phenoxy) is 1. The van der Waals surface area contributed by atoms with E-state index >= 15 is 0 Å². The number of benzene rings is 2. The summed E-state index contributed by atoms with van der Waals surface area (Å²) < 4.78 is 5.58. The van der Waals surface area contributed by atoms with Crippen molar-refractivity contribution in [2.45, 2.75) is 25.6 Å². The highest BCUT2D eigenvalue weighted by Crippen LogP contribution is 2.24. The topological polar surface area (TPSA) is 32.8 Å². The number of amides is 1. The molecule has 0 N–H and O–H groups in total. The van der Waals surface area contributed by atoms with Gasteiger partial charge in [0.25, 0.3) is 0 Å². The molecule has 0 spiro atoms. The molecule has 1 heterocycles. The summed E-state index contributed by atoms with van der Waals surface area (Å²) in [6.45, 7) is 2.10. The number of hydrogen-bond acceptors (Lipinski definition) is 3. The monoisotopic (exact) mass is 412 g/mol. The molecule has 0 aromatic heterocycles. The first-order valence-corrected chi connectivity index (χ1v) is 10.6. The van der Waals surface area contributed by atoms with E-state index in [1.807, 2.05) is 30.4 Å². The van der Waals surface area contributed by atoms with Gasteiger partial charge in [0.15, 0.2) is 0 Å². The van der Waals surface area contributed by atoms with Crippen LogP contribution in [-0.2, 0) is 17.8 Å². The van der Waals surface area contributed by atoms with Gasteiger partial charge in [0, 0.05) is 19.5 Å². The molecule has 1 saturated heterocycles. The average Bonchev–Trinajstić information content (AvgIpc) is 2.92. The number of cyclic esters (lactones) is 1. The predicted octanol–water partition coefficient (Wildman–Crippen LogP) is 5.33. The van der Waals surface area contributed by atoms with Gasteiger partial charge in [-0.25, -0.2) is 4.79 Å². The lowest BCUT2D eigenvalue weighted by atomic mass is 10.0. The van der Waals surface area contributed by atoms with Crippen LogP contribution >= 0.6 is 0 Å². The maximum atomic E-state index is 12.3. The Morgan fingerprint density at radius 2 is 1.68 bits per heavy atom. The second-order valence-electron chi connectivity index (χ2n) is 8.33. The Bertz CT molecular complexity index is 1040. The first-order chi connectivity index (χ1) is 15.1. The van der Waals surface area contributed by atoms with E-state index in [4.69, 9.17) is 4.74 Å². The highest BCUT2D eigenvalue weighted by molar-refractivity contribution is 5.70. The summed E-state index contributed by atoms with van der Waals surface area (Å²) in [5, 5.41) is 0. The third-order valence-electron chi connectivity index (χ3n) is 5.41. The average molecular weight is 413 g/mol. The molecule has 1 amide bonds. The molecule has 0 bridgehead atoms. The zero-order chi connectivity index (χ0) is 21.6.